The van der Waals surface area contributed by atoms with Crippen molar-refractivity contribution >= 4 is 5.97 Å². The van der Waals surface area contributed by atoms with E-state index in [9.17, 15) is 4.79 Å². The molecule has 0 bridgehead atoms. The van der Waals surface area contributed by atoms with Crippen LogP contribution >= 0.6 is 0 Å². The van der Waals surface area contributed by atoms with E-state index in [1.165, 1.54) is 0 Å². The minimum absolute atomic E-state index is 0.395. The molecule has 3 heteroatoms. The number of aromatic carboxylic acids is 1. The summed E-state index contributed by atoms with van der Waals surface area (Å²) in [5.41, 5.74) is 2.19. The lowest BCUT2D eigenvalue weighted by Crippen LogP contribution is -2.03. The Bertz CT molecular complexity index is 375. The number of nitrogens with zero attached hydrogens (tertiary/aromatic N) is 1. The third kappa shape index (κ3) is 1.87. The second-order valence-electron chi connectivity index (χ2n) is 3.27. The summed E-state index contributed by atoms with van der Waals surface area (Å²) in [7, 11) is 0. The summed E-state index contributed by atoms with van der Waals surface area (Å²) in [6.07, 6.45) is 3.96. The van der Waals surface area contributed by atoms with Crippen LogP contribution in [0.25, 0.3) is 0 Å². The quantitative estimate of drug-likeness (QED) is 0.749. The molecule has 3 nitrogen and oxygen atoms in total. The molecule has 0 fully saturated rings. The molecule has 1 aromatic rings. The van der Waals surface area contributed by atoms with Gasteiger partial charge in [-0.05, 0) is 26.8 Å². The first-order valence-electron chi connectivity index (χ1n) is 4.59. The van der Waals surface area contributed by atoms with E-state index in [2.05, 4.69) is 0 Å². The van der Waals surface area contributed by atoms with Crippen molar-refractivity contribution < 1.29 is 9.90 Å². The standard InChI is InChI=1S/C11H15NO2/c1-4-5-6-12-8(2)7-10(9(12)3)11(13)14/h4-5,7H,6H2,1-3H3,(H,13,14)/b5-4+. The van der Waals surface area contributed by atoms with Crippen LogP contribution in [0.15, 0.2) is 18.2 Å². The number of carboxylic acids is 1. The fourth-order valence-corrected chi connectivity index (χ4v) is 1.51. The Labute approximate surface area is 83.7 Å². The van der Waals surface area contributed by atoms with Crippen molar-refractivity contribution in [2.75, 3.05) is 0 Å². The number of aromatic nitrogens is 1. The van der Waals surface area contributed by atoms with Crippen LogP contribution in [-0.2, 0) is 6.54 Å². The highest BCUT2D eigenvalue weighted by Gasteiger charge is 2.13. The summed E-state index contributed by atoms with van der Waals surface area (Å²) in [6.45, 7) is 6.44. The summed E-state index contributed by atoms with van der Waals surface area (Å²) in [5, 5.41) is 8.90. The molecule has 0 atom stereocenters. The minimum Gasteiger partial charge on any atom is -0.478 e. The van der Waals surface area contributed by atoms with E-state index < -0.39 is 5.97 Å². The molecule has 0 saturated heterocycles. The van der Waals surface area contributed by atoms with Crippen molar-refractivity contribution in [1.29, 1.82) is 0 Å². The Balaban J connectivity index is 3.11. The van der Waals surface area contributed by atoms with Crippen molar-refractivity contribution in [1.82, 2.24) is 4.57 Å². The summed E-state index contributed by atoms with van der Waals surface area (Å²) in [4.78, 5) is 10.8. The van der Waals surface area contributed by atoms with Gasteiger partial charge in [0.05, 0.1) is 5.56 Å². The van der Waals surface area contributed by atoms with Gasteiger partial charge in [-0.25, -0.2) is 4.79 Å². The Morgan fingerprint density at radius 2 is 2.21 bits per heavy atom. The van der Waals surface area contributed by atoms with Gasteiger partial charge < -0.3 is 9.67 Å². The number of rotatable bonds is 3. The first-order chi connectivity index (χ1) is 6.57. The van der Waals surface area contributed by atoms with Crippen molar-refractivity contribution in [3.05, 3.63) is 35.2 Å². The highest BCUT2D eigenvalue weighted by Crippen LogP contribution is 2.14. The number of carbonyl (C=O) groups is 1. The van der Waals surface area contributed by atoms with Gasteiger partial charge in [0.1, 0.15) is 0 Å². The molecule has 0 radical (unpaired) electrons. The Morgan fingerprint density at radius 3 is 2.64 bits per heavy atom. The second-order valence-corrected chi connectivity index (χ2v) is 3.27. The van der Waals surface area contributed by atoms with E-state index in [1.807, 2.05) is 37.5 Å². The van der Waals surface area contributed by atoms with Crippen LogP contribution < -0.4 is 0 Å². The molecule has 1 aromatic heterocycles. The van der Waals surface area contributed by atoms with E-state index in [0.717, 1.165) is 17.9 Å². The SMILES string of the molecule is C/C=C/Cn1c(C)cc(C(=O)O)c1C. The zero-order valence-electron chi connectivity index (χ0n) is 8.74. The van der Waals surface area contributed by atoms with Gasteiger partial charge in [-0.1, -0.05) is 12.2 Å². The first-order valence-corrected chi connectivity index (χ1v) is 4.59. The number of hydrogen-bond donors (Lipinski definition) is 1. The topological polar surface area (TPSA) is 42.2 Å². The van der Waals surface area contributed by atoms with E-state index in [-0.39, 0.29) is 0 Å². The van der Waals surface area contributed by atoms with Crippen molar-refractivity contribution in [2.45, 2.75) is 27.3 Å². The molecule has 1 N–H and O–H groups in total. The van der Waals surface area contributed by atoms with Crippen molar-refractivity contribution in [2.24, 2.45) is 0 Å². The van der Waals surface area contributed by atoms with Gasteiger partial charge in [0.2, 0.25) is 0 Å². The number of aryl methyl sites for hydroxylation is 1. The number of hydrogen-bond acceptors (Lipinski definition) is 1. The predicted molar refractivity (Wildman–Crippen MR) is 55.7 cm³/mol. The highest BCUT2D eigenvalue weighted by atomic mass is 16.4. The molecule has 0 aliphatic rings. The fraction of sp³-hybridized carbons (Fsp3) is 0.364. The Kier molecular flexibility index (Phi) is 3.12. The first kappa shape index (κ1) is 10.6. The van der Waals surface area contributed by atoms with E-state index >= 15 is 0 Å². The smallest absolute Gasteiger partial charge is 0.337 e. The largest absolute Gasteiger partial charge is 0.478 e. The highest BCUT2D eigenvalue weighted by molar-refractivity contribution is 5.89. The third-order valence-corrected chi connectivity index (χ3v) is 2.33. The van der Waals surface area contributed by atoms with Gasteiger partial charge >= 0.3 is 5.97 Å². The average Bonchev–Trinajstić information content (AvgIpc) is 2.40. The summed E-state index contributed by atoms with van der Waals surface area (Å²) >= 11 is 0. The molecule has 0 spiro atoms. The molecule has 1 rings (SSSR count). The molecule has 0 amide bonds. The average molecular weight is 193 g/mol. The van der Waals surface area contributed by atoms with Gasteiger partial charge in [0.15, 0.2) is 0 Å². The third-order valence-electron chi connectivity index (χ3n) is 2.33. The lowest BCUT2D eigenvalue weighted by molar-refractivity contribution is 0.0696. The predicted octanol–water partition coefficient (Wildman–Crippen LogP) is 2.38. The maximum atomic E-state index is 10.8. The van der Waals surface area contributed by atoms with Gasteiger partial charge in [0, 0.05) is 17.9 Å². The van der Waals surface area contributed by atoms with Crippen LogP contribution in [0.1, 0.15) is 28.7 Å². The number of carboxylic acid groups (broad SMARTS) is 1. The monoisotopic (exact) mass is 193 g/mol. The van der Waals surface area contributed by atoms with Gasteiger partial charge in [-0.2, -0.15) is 0 Å². The van der Waals surface area contributed by atoms with Crippen LogP contribution in [0.3, 0.4) is 0 Å². The van der Waals surface area contributed by atoms with E-state index in [4.69, 9.17) is 5.11 Å². The van der Waals surface area contributed by atoms with Crippen molar-refractivity contribution in [3.8, 4) is 0 Å². The molecule has 1 heterocycles. The number of allylic oxidation sites excluding steroid dienone is 2. The normalized spacial score (nSPS) is 11.1. The summed E-state index contributed by atoms with van der Waals surface area (Å²) in [5.74, 6) is -0.857. The van der Waals surface area contributed by atoms with Gasteiger partial charge in [0.25, 0.3) is 0 Å². The molecular weight excluding hydrogens is 178 g/mol. The van der Waals surface area contributed by atoms with Gasteiger partial charge in [-0.15, -0.1) is 0 Å². The molecule has 14 heavy (non-hydrogen) atoms. The molecule has 0 saturated carbocycles. The lowest BCUT2D eigenvalue weighted by atomic mass is 10.2. The molecule has 76 valence electrons. The van der Waals surface area contributed by atoms with Crippen LogP contribution in [0.2, 0.25) is 0 Å². The maximum absolute atomic E-state index is 10.8. The molecular formula is C11H15NO2. The zero-order valence-corrected chi connectivity index (χ0v) is 8.74. The zero-order chi connectivity index (χ0) is 10.7. The Morgan fingerprint density at radius 1 is 1.57 bits per heavy atom. The summed E-state index contributed by atoms with van der Waals surface area (Å²) < 4.78 is 1.99. The van der Waals surface area contributed by atoms with Crippen LogP contribution in [0, 0.1) is 13.8 Å². The molecule has 0 aromatic carbocycles. The second kappa shape index (κ2) is 4.13. The lowest BCUT2D eigenvalue weighted by Gasteiger charge is -2.05. The summed E-state index contributed by atoms with van der Waals surface area (Å²) in [6, 6.07) is 1.71. The maximum Gasteiger partial charge on any atom is 0.337 e. The molecule has 0 aliphatic heterocycles. The molecule has 0 unspecified atom stereocenters. The van der Waals surface area contributed by atoms with Crippen molar-refractivity contribution in [3.63, 3.8) is 0 Å². The minimum atomic E-state index is -0.857. The van der Waals surface area contributed by atoms with E-state index in [1.54, 1.807) is 6.07 Å². The Hall–Kier alpha value is -1.51. The fourth-order valence-electron chi connectivity index (χ4n) is 1.51. The van der Waals surface area contributed by atoms with Crippen LogP contribution in [0.4, 0.5) is 0 Å². The van der Waals surface area contributed by atoms with E-state index in [0.29, 0.717) is 5.56 Å². The molecule has 0 aliphatic carbocycles. The van der Waals surface area contributed by atoms with Crippen LogP contribution in [0.5, 0.6) is 0 Å². The van der Waals surface area contributed by atoms with Gasteiger partial charge in [-0.3, -0.25) is 0 Å². The van der Waals surface area contributed by atoms with Crippen LogP contribution in [-0.4, -0.2) is 15.6 Å².